The zero-order valence-electron chi connectivity index (χ0n) is 8.75. The Morgan fingerprint density at radius 2 is 2.23 bits per heavy atom. The fraction of sp³-hybridized carbons (Fsp3) is 0.700. The van der Waals surface area contributed by atoms with Crippen molar-refractivity contribution in [3.63, 3.8) is 0 Å². The Morgan fingerprint density at radius 1 is 1.54 bits per heavy atom. The van der Waals surface area contributed by atoms with E-state index in [2.05, 4.69) is 30.6 Å². The van der Waals surface area contributed by atoms with Gasteiger partial charge in [-0.15, -0.1) is 0 Å². The first-order chi connectivity index (χ1) is 6.20. The van der Waals surface area contributed by atoms with Crippen LogP contribution < -0.4 is 5.73 Å². The number of anilines is 1. The van der Waals surface area contributed by atoms with Gasteiger partial charge in [-0.1, -0.05) is 20.3 Å². The summed E-state index contributed by atoms with van der Waals surface area (Å²) < 4.78 is 2.05. The largest absolute Gasteiger partial charge is 0.396 e. The van der Waals surface area contributed by atoms with E-state index in [0.29, 0.717) is 6.04 Å². The number of aromatic nitrogens is 2. The summed E-state index contributed by atoms with van der Waals surface area (Å²) in [5.41, 5.74) is 7.86. The minimum absolute atomic E-state index is 0.457. The molecule has 0 saturated carbocycles. The van der Waals surface area contributed by atoms with Crippen molar-refractivity contribution in [2.45, 2.75) is 46.1 Å². The highest BCUT2D eigenvalue weighted by Crippen LogP contribution is 2.19. The molecule has 0 aliphatic heterocycles. The highest BCUT2D eigenvalue weighted by molar-refractivity contribution is 5.41. The van der Waals surface area contributed by atoms with Crippen molar-refractivity contribution >= 4 is 5.69 Å². The molecule has 0 bridgehead atoms. The molecule has 3 heteroatoms. The third-order valence-corrected chi connectivity index (χ3v) is 2.43. The molecule has 0 fully saturated rings. The van der Waals surface area contributed by atoms with Crippen molar-refractivity contribution < 1.29 is 0 Å². The molecular weight excluding hydrogens is 162 g/mol. The van der Waals surface area contributed by atoms with Gasteiger partial charge in [-0.05, 0) is 19.8 Å². The molecule has 13 heavy (non-hydrogen) atoms. The Kier molecular flexibility index (Phi) is 3.34. The molecule has 1 rings (SSSR count). The lowest BCUT2D eigenvalue weighted by atomic mass is 10.2. The fourth-order valence-electron chi connectivity index (χ4n) is 1.45. The molecule has 0 amide bonds. The predicted octanol–water partition coefficient (Wildman–Crippen LogP) is 2.39. The van der Waals surface area contributed by atoms with Crippen LogP contribution in [0.25, 0.3) is 0 Å². The Labute approximate surface area is 79.9 Å². The van der Waals surface area contributed by atoms with Crippen LogP contribution in [0.1, 0.15) is 45.3 Å². The van der Waals surface area contributed by atoms with Gasteiger partial charge in [0.1, 0.15) is 0 Å². The fourth-order valence-corrected chi connectivity index (χ4v) is 1.45. The molecule has 2 N–H and O–H groups in total. The van der Waals surface area contributed by atoms with E-state index in [0.717, 1.165) is 24.9 Å². The minimum Gasteiger partial charge on any atom is -0.396 e. The van der Waals surface area contributed by atoms with Gasteiger partial charge in [0.2, 0.25) is 0 Å². The number of rotatable bonds is 4. The molecule has 74 valence electrons. The second-order valence-corrected chi connectivity index (χ2v) is 3.50. The molecule has 0 aromatic carbocycles. The lowest BCUT2D eigenvalue weighted by Crippen LogP contribution is -2.10. The first kappa shape index (κ1) is 10.1. The van der Waals surface area contributed by atoms with E-state index in [1.165, 1.54) is 5.69 Å². The third-order valence-electron chi connectivity index (χ3n) is 2.43. The van der Waals surface area contributed by atoms with Crippen molar-refractivity contribution in [2.75, 3.05) is 5.73 Å². The third kappa shape index (κ3) is 2.02. The molecule has 1 aromatic rings. The maximum Gasteiger partial charge on any atom is 0.0733 e. The Bertz CT molecular complexity index is 265. The van der Waals surface area contributed by atoms with Crippen LogP contribution in [0.4, 0.5) is 5.69 Å². The Balaban J connectivity index is 2.92. The van der Waals surface area contributed by atoms with Gasteiger partial charge in [-0.2, -0.15) is 5.10 Å². The molecule has 0 aliphatic carbocycles. The van der Waals surface area contributed by atoms with Crippen molar-refractivity contribution in [1.29, 1.82) is 0 Å². The molecule has 3 nitrogen and oxygen atoms in total. The minimum atomic E-state index is 0.457. The summed E-state index contributed by atoms with van der Waals surface area (Å²) in [7, 11) is 0. The molecular formula is C10H19N3. The predicted molar refractivity (Wildman–Crippen MR) is 55.6 cm³/mol. The van der Waals surface area contributed by atoms with E-state index < -0.39 is 0 Å². The quantitative estimate of drug-likeness (QED) is 0.775. The first-order valence-corrected chi connectivity index (χ1v) is 5.02. The topological polar surface area (TPSA) is 43.8 Å². The van der Waals surface area contributed by atoms with Crippen LogP contribution in [0.3, 0.4) is 0 Å². The summed E-state index contributed by atoms with van der Waals surface area (Å²) in [6.45, 7) is 6.50. The SMILES string of the molecule is CCCc1c(N)cnn1C(C)CC. The molecule has 1 heterocycles. The van der Waals surface area contributed by atoms with Crippen molar-refractivity contribution in [1.82, 2.24) is 9.78 Å². The van der Waals surface area contributed by atoms with Crippen molar-refractivity contribution in [2.24, 2.45) is 0 Å². The molecule has 0 spiro atoms. The summed E-state index contributed by atoms with van der Waals surface area (Å²) in [5.74, 6) is 0. The van der Waals surface area contributed by atoms with Gasteiger partial charge in [-0.3, -0.25) is 4.68 Å². The lowest BCUT2D eigenvalue weighted by Gasteiger charge is -2.13. The van der Waals surface area contributed by atoms with Gasteiger partial charge < -0.3 is 5.73 Å². The van der Waals surface area contributed by atoms with Crippen molar-refractivity contribution in [3.05, 3.63) is 11.9 Å². The standard InChI is InChI=1S/C10H19N3/c1-4-6-10-9(11)7-12-13(10)8(3)5-2/h7-8H,4-6,11H2,1-3H3. The van der Waals surface area contributed by atoms with Crippen LogP contribution in [-0.4, -0.2) is 9.78 Å². The number of nitrogens with zero attached hydrogens (tertiary/aromatic N) is 2. The van der Waals surface area contributed by atoms with E-state index in [9.17, 15) is 0 Å². The zero-order valence-corrected chi connectivity index (χ0v) is 8.75. The van der Waals surface area contributed by atoms with Gasteiger partial charge in [-0.25, -0.2) is 0 Å². The Morgan fingerprint density at radius 3 is 2.77 bits per heavy atom. The summed E-state index contributed by atoms with van der Waals surface area (Å²) in [6, 6.07) is 0.457. The summed E-state index contributed by atoms with van der Waals surface area (Å²) in [5, 5.41) is 4.30. The van der Waals surface area contributed by atoms with E-state index in [-0.39, 0.29) is 0 Å². The van der Waals surface area contributed by atoms with Gasteiger partial charge in [0.15, 0.2) is 0 Å². The monoisotopic (exact) mass is 181 g/mol. The number of nitrogens with two attached hydrogens (primary N) is 1. The number of nitrogen functional groups attached to an aromatic ring is 1. The van der Waals surface area contributed by atoms with Gasteiger partial charge in [0.05, 0.1) is 17.6 Å². The molecule has 1 unspecified atom stereocenters. The van der Waals surface area contributed by atoms with E-state index in [4.69, 9.17) is 5.73 Å². The highest BCUT2D eigenvalue weighted by atomic mass is 15.3. The van der Waals surface area contributed by atoms with E-state index in [1.54, 1.807) is 6.20 Å². The first-order valence-electron chi connectivity index (χ1n) is 5.02. The normalized spacial score (nSPS) is 13.2. The maximum atomic E-state index is 5.84. The maximum absolute atomic E-state index is 5.84. The van der Waals surface area contributed by atoms with Crippen molar-refractivity contribution in [3.8, 4) is 0 Å². The van der Waals surface area contributed by atoms with Crippen LogP contribution in [-0.2, 0) is 6.42 Å². The highest BCUT2D eigenvalue weighted by Gasteiger charge is 2.10. The average molecular weight is 181 g/mol. The Hall–Kier alpha value is -0.990. The lowest BCUT2D eigenvalue weighted by molar-refractivity contribution is 0.459. The van der Waals surface area contributed by atoms with E-state index in [1.807, 2.05) is 0 Å². The summed E-state index contributed by atoms with van der Waals surface area (Å²) in [4.78, 5) is 0. The zero-order chi connectivity index (χ0) is 9.84. The molecule has 1 atom stereocenters. The van der Waals surface area contributed by atoms with Crippen LogP contribution in [0.15, 0.2) is 6.20 Å². The molecule has 0 saturated heterocycles. The van der Waals surface area contributed by atoms with E-state index >= 15 is 0 Å². The summed E-state index contributed by atoms with van der Waals surface area (Å²) in [6.07, 6.45) is 5.00. The average Bonchev–Trinajstić information content (AvgIpc) is 2.48. The van der Waals surface area contributed by atoms with Crippen LogP contribution in [0.5, 0.6) is 0 Å². The molecule has 0 aliphatic rings. The number of hydrogen-bond donors (Lipinski definition) is 1. The van der Waals surface area contributed by atoms with Crippen LogP contribution in [0.2, 0.25) is 0 Å². The molecule has 0 radical (unpaired) electrons. The number of hydrogen-bond acceptors (Lipinski definition) is 2. The second-order valence-electron chi connectivity index (χ2n) is 3.50. The van der Waals surface area contributed by atoms with Gasteiger partial charge in [0, 0.05) is 6.04 Å². The molecule has 1 aromatic heterocycles. The second kappa shape index (κ2) is 4.30. The van der Waals surface area contributed by atoms with Crippen LogP contribution >= 0.6 is 0 Å². The van der Waals surface area contributed by atoms with Crippen LogP contribution in [0, 0.1) is 0 Å². The van der Waals surface area contributed by atoms with Gasteiger partial charge in [0.25, 0.3) is 0 Å². The smallest absolute Gasteiger partial charge is 0.0733 e. The summed E-state index contributed by atoms with van der Waals surface area (Å²) >= 11 is 0. The van der Waals surface area contributed by atoms with Gasteiger partial charge >= 0.3 is 0 Å².